The predicted molar refractivity (Wildman–Crippen MR) is 67.3 cm³/mol. The van der Waals surface area contributed by atoms with E-state index in [0.29, 0.717) is 11.6 Å². The molecule has 1 N–H and O–H groups in total. The zero-order valence-electron chi connectivity index (χ0n) is 10.6. The molecule has 6 heteroatoms. The minimum atomic E-state index is -1.28. The van der Waals surface area contributed by atoms with E-state index in [4.69, 9.17) is 9.84 Å². The standard InChI is InChI=1S/C14H11F2NO3/c1-20-7-8-4-11(13(14(18)19)17-6-8)10-3-2-9(15)5-12(10)16/h2-6H,7H2,1H3,(H,18,19). The molecule has 0 aliphatic rings. The van der Waals surface area contributed by atoms with E-state index >= 15 is 0 Å². The second-order valence-corrected chi connectivity index (χ2v) is 4.10. The molecule has 0 radical (unpaired) electrons. The Morgan fingerprint density at radius 3 is 2.65 bits per heavy atom. The van der Waals surface area contributed by atoms with Crippen LogP contribution in [0.15, 0.2) is 30.5 Å². The lowest BCUT2D eigenvalue weighted by molar-refractivity contribution is 0.0691. The second kappa shape index (κ2) is 5.75. The summed E-state index contributed by atoms with van der Waals surface area (Å²) in [5.41, 5.74) is 0.366. The lowest BCUT2D eigenvalue weighted by atomic mass is 10.0. The van der Waals surface area contributed by atoms with Crippen LogP contribution < -0.4 is 0 Å². The van der Waals surface area contributed by atoms with E-state index in [2.05, 4.69) is 4.98 Å². The molecule has 0 aliphatic heterocycles. The van der Waals surface area contributed by atoms with Crippen molar-refractivity contribution < 1.29 is 23.4 Å². The van der Waals surface area contributed by atoms with Crippen molar-refractivity contribution in [3.63, 3.8) is 0 Å². The van der Waals surface area contributed by atoms with Crippen molar-refractivity contribution in [2.24, 2.45) is 0 Å². The Balaban J connectivity index is 2.62. The number of carbonyl (C=O) groups is 1. The number of benzene rings is 1. The zero-order chi connectivity index (χ0) is 14.7. The summed E-state index contributed by atoms with van der Waals surface area (Å²) in [4.78, 5) is 14.9. The number of hydrogen-bond donors (Lipinski definition) is 1. The molecule has 0 fully saturated rings. The second-order valence-electron chi connectivity index (χ2n) is 4.10. The number of aromatic carboxylic acids is 1. The van der Waals surface area contributed by atoms with Crippen molar-refractivity contribution in [3.8, 4) is 11.1 Å². The number of nitrogens with zero attached hydrogens (tertiary/aromatic N) is 1. The molecule has 0 unspecified atom stereocenters. The number of halogens is 2. The average molecular weight is 279 g/mol. The fourth-order valence-corrected chi connectivity index (χ4v) is 1.84. The molecule has 2 aromatic rings. The Hall–Kier alpha value is -2.34. The molecule has 1 heterocycles. The molecule has 0 saturated carbocycles. The van der Waals surface area contributed by atoms with Crippen LogP contribution >= 0.6 is 0 Å². The molecule has 0 saturated heterocycles. The Morgan fingerprint density at radius 1 is 1.30 bits per heavy atom. The smallest absolute Gasteiger partial charge is 0.355 e. The topological polar surface area (TPSA) is 59.4 Å². The summed E-state index contributed by atoms with van der Waals surface area (Å²) in [6.07, 6.45) is 1.35. The molecule has 20 heavy (non-hydrogen) atoms. The Labute approximate surface area is 113 Å². The SMILES string of the molecule is COCc1cnc(C(=O)O)c(-c2ccc(F)cc2F)c1. The van der Waals surface area contributed by atoms with Crippen LogP contribution in [0.2, 0.25) is 0 Å². The van der Waals surface area contributed by atoms with E-state index in [1.54, 1.807) is 0 Å². The Kier molecular flexibility index (Phi) is 4.05. The first-order valence-corrected chi connectivity index (χ1v) is 5.69. The lowest BCUT2D eigenvalue weighted by Crippen LogP contribution is -2.05. The molecule has 104 valence electrons. The van der Waals surface area contributed by atoms with Crippen molar-refractivity contribution in [1.82, 2.24) is 4.98 Å². The van der Waals surface area contributed by atoms with E-state index in [-0.39, 0.29) is 23.4 Å². The normalized spacial score (nSPS) is 10.6. The molecule has 0 atom stereocenters. The minimum absolute atomic E-state index is 0.0192. The third-order valence-electron chi connectivity index (χ3n) is 2.68. The van der Waals surface area contributed by atoms with E-state index in [1.165, 1.54) is 25.4 Å². The highest BCUT2D eigenvalue weighted by molar-refractivity contribution is 5.94. The zero-order valence-corrected chi connectivity index (χ0v) is 10.6. The molecule has 0 amide bonds. The lowest BCUT2D eigenvalue weighted by Gasteiger charge is -2.09. The van der Waals surface area contributed by atoms with Gasteiger partial charge in [-0.2, -0.15) is 0 Å². The Bertz CT molecular complexity index is 659. The van der Waals surface area contributed by atoms with Gasteiger partial charge in [-0.3, -0.25) is 0 Å². The van der Waals surface area contributed by atoms with Crippen molar-refractivity contribution in [1.29, 1.82) is 0 Å². The van der Waals surface area contributed by atoms with Crippen LogP contribution in [0.4, 0.5) is 8.78 Å². The molecule has 1 aromatic carbocycles. The summed E-state index contributed by atoms with van der Waals surface area (Å²) < 4.78 is 31.7. The van der Waals surface area contributed by atoms with E-state index < -0.39 is 17.6 Å². The number of carboxylic acid groups (broad SMARTS) is 1. The first-order chi connectivity index (χ1) is 9.52. The summed E-state index contributed by atoms with van der Waals surface area (Å²) in [6.45, 7) is 0.211. The summed E-state index contributed by atoms with van der Waals surface area (Å²) in [7, 11) is 1.48. The van der Waals surface area contributed by atoms with E-state index in [9.17, 15) is 13.6 Å². The van der Waals surface area contributed by atoms with Gasteiger partial charge in [0.25, 0.3) is 0 Å². The van der Waals surface area contributed by atoms with Gasteiger partial charge in [-0.15, -0.1) is 0 Å². The number of methoxy groups -OCH3 is 1. The molecule has 0 aliphatic carbocycles. The number of aromatic nitrogens is 1. The van der Waals surface area contributed by atoms with Crippen molar-refractivity contribution in [2.75, 3.05) is 7.11 Å². The molecular weight excluding hydrogens is 268 g/mol. The van der Waals surface area contributed by atoms with Gasteiger partial charge >= 0.3 is 5.97 Å². The van der Waals surface area contributed by atoms with Gasteiger partial charge in [0.05, 0.1) is 6.61 Å². The average Bonchev–Trinajstić information content (AvgIpc) is 2.38. The monoisotopic (exact) mass is 279 g/mol. The first-order valence-electron chi connectivity index (χ1n) is 5.69. The van der Waals surface area contributed by atoms with E-state index in [1.807, 2.05) is 0 Å². The number of pyridine rings is 1. The number of carboxylic acids is 1. The molecule has 0 spiro atoms. The maximum Gasteiger partial charge on any atom is 0.355 e. The first kappa shape index (κ1) is 14.1. The van der Waals surface area contributed by atoms with Crippen LogP contribution in [-0.2, 0) is 11.3 Å². The van der Waals surface area contributed by atoms with Crippen LogP contribution in [0, 0.1) is 11.6 Å². The Morgan fingerprint density at radius 2 is 2.05 bits per heavy atom. The maximum absolute atomic E-state index is 13.8. The third kappa shape index (κ3) is 2.80. The van der Waals surface area contributed by atoms with Crippen LogP contribution in [0.5, 0.6) is 0 Å². The number of rotatable bonds is 4. The van der Waals surface area contributed by atoms with Crippen molar-refractivity contribution >= 4 is 5.97 Å². The highest BCUT2D eigenvalue weighted by Crippen LogP contribution is 2.27. The van der Waals surface area contributed by atoms with Gasteiger partial charge in [0.1, 0.15) is 11.6 Å². The minimum Gasteiger partial charge on any atom is -0.476 e. The summed E-state index contributed by atoms with van der Waals surface area (Å²) in [5, 5.41) is 9.10. The van der Waals surface area contributed by atoms with Crippen LogP contribution in [-0.4, -0.2) is 23.2 Å². The largest absolute Gasteiger partial charge is 0.476 e. The molecule has 4 nitrogen and oxygen atoms in total. The maximum atomic E-state index is 13.8. The molecule has 2 rings (SSSR count). The van der Waals surface area contributed by atoms with Gasteiger partial charge in [-0.05, 0) is 23.8 Å². The molecular formula is C14H11F2NO3. The van der Waals surface area contributed by atoms with Crippen molar-refractivity contribution in [2.45, 2.75) is 6.61 Å². The van der Waals surface area contributed by atoms with Gasteiger partial charge < -0.3 is 9.84 Å². The summed E-state index contributed by atoms with van der Waals surface area (Å²) >= 11 is 0. The number of ether oxygens (including phenoxy) is 1. The highest BCUT2D eigenvalue weighted by Gasteiger charge is 2.17. The molecule has 0 bridgehead atoms. The highest BCUT2D eigenvalue weighted by atomic mass is 19.1. The molecule has 1 aromatic heterocycles. The van der Waals surface area contributed by atoms with Gasteiger partial charge in [-0.1, -0.05) is 0 Å². The van der Waals surface area contributed by atoms with Gasteiger partial charge in [0, 0.05) is 30.5 Å². The van der Waals surface area contributed by atoms with Crippen LogP contribution in [0.1, 0.15) is 16.1 Å². The number of hydrogen-bond acceptors (Lipinski definition) is 3. The summed E-state index contributed by atoms with van der Waals surface area (Å²) in [5.74, 6) is -2.86. The van der Waals surface area contributed by atoms with Gasteiger partial charge in [0.15, 0.2) is 5.69 Å². The fraction of sp³-hybridized carbons (Fsp3) is 0.143. The summed E-state index contributed by atoms with van der Waals surface area (Å²) in [6, 6.07) is 4.41. The van der Waals surface area contributed by atoms with Crippen LogP contribution in [0.25, 0.3) is 11.1 Å². The third-order valence-corrected chi connectivity index (χ3v) is 2.68. The van der Waals surface area contributed by atoms with E-state index in [0.717, 1.165) is 6.07 Å². The fourth-order valence-electron chi connectivity index (χ4n) is 1.84. The predicted octanol–water partition coefficient (Wildman–Crippen LogP) is 2.87. The van der Waals surface area contributed by atoms with Crippen molar-refractivity contribution in [3.05, 3.63) is 53.4 Å². The quantitative estimate of drug-likeness (QED) is 0.934. The van der Waals surface area contributed by atoms with Gasteiger partial charge in [-0.25, -0.2) is 18.6 Å². The van der Waals surface area contributed by atoms with Gasteiger partial charge in [0.2, 0.25) is 0 Å². The van der Waals surface area contributed by atoms with Crippen LogP contribution in [0.3, 0.4) is 0 Å².